The van der Waals surface area contributed by atoms with Crippen LogP contribution in [0.5, 0.6) is 0 Å². The summed E-state index contributed by atoms with van der Waals surface area (Å²) in [5, 5.41) is 3.32. The van der Waals surface area contributed by atoms with E-state index in [4.69, 9.17) is 5.73 Å². The molecule has 1 fully saturated rings. The van der Waals surface area contributed by atoms with Crippen molar-refractivity contribution < 1.29 is 4.79 Å². The van der Waals surface area contributed by atoms with Crippen LogP contribution < -0.4 is 16.0 Å². The number of amides is 1. The van der Waals surface area contributed by atoms with Gasteiger partial charge in [-0.05, 0) is 56.4 Å². The number of carbonyl (C=O) groups excluding carboxylic acids is 1. The molecule has 1 aromatic rings. The van der Waals surface area contributed by atoms with Crippen LogP contribution in [0, 0.1) is 13.8 Å². The number of nitrogens with one attached hydrogen (secondary N) is 1. The lowest BCUT2D eigenvalue weighted by Crippen LogP contribution is -2.44. The number of benzene rings is 1. The van der Waals surface area contributed by atoms with Gasteiger partial charge in [0.05, 0.1) is 6.04 Å². The van der Waals surface area contributed by atoms with Gasteiger partial charge in [0.25, 0.3) is 0 Å². The lowest BCUT2D eigenvalue weighted by molar-refractivity contribution is -0.120. The van der Waals surface area contributed by atoms with Crippen molar-refractivity contribution in [2.45, 2.75) is 45.2 Å². The van der Waals surface area contributed by atoms with Crippen LogP contribution in [-0.2, 0) is 4.79 Å². The topological polar surface area (TPSA) is 58.4 Å². The van der Waals surface area contributed by atoms with E-state index in [1.807, 2.05) is 0 Å². The molecule has 1 unspecified atom stereocenters. The third kappa shape index (κ3) is 4.23. The number of nitrogens with zero attached hydrogens (tertiary/aromatic N) is 1. The summed E-state index contributed by atoms with van der Waals surface area (Å²) in [5.74, 6) is -0.245. The number of rotatable bonds is 7. The van der Waals surface area contributed by atoms with Crippen LogP contribution in [0.15, 0.2) is 18.2 Å². The lowest BCUT2D eigenvalue weighted by atomic mass is 10.1. The maximum atomic E-state index is 11.5. The van der Waals surface area contributed by atoms with Crippen LogP contribution in [0.3, 0.4) is 0 Å². The molecule has 1 aliphatic carbocycles. The van der Waals surface area contributed by atoms with Crippen LogP contribution in [0.1, 0.15) is 30.4 Å². The Balaban J connectivity index is 1.92. The lowest BCUT2D eigenvalue weighted by Gasteiger charge is -2.23. The SMILES string of the molecule is Cc1cc(C)cc(N(C)CCC(NC2CC2)C(N)=O)c1. The molecule has 0 aliphatic heterocycles. The Morgan fingerprint density at radius 1 is 1.35 bits per heavy atom. The molecule has 20 heavy (non-hydrogen) atoms. The fourth-order valence-electron chi connectivity index (χ4n) is 2.47. The molecule has 1 aromatic carbocycles. The van der Waals surface area contributed by atoms with Crippen molar-refractivity contribution in [1.29, 1.82) is 0 Å². The molecule has 4 heteroatoms. The Morgan fingerprint density at radius 3 is 2.45 bits per heavy atom. The summed E-state index contributed by atoms with van der Waals surface area (Å²) >= 11 is 0. The van der Waals surface area contributed by atoms with Gasteiger partial charge in [-0.1, -0.05) is 6.07 Å². The molecule has 0 saturated heterocycles. The molecule has 4 nitrogen and oxygen atoms in total. The first-order chi connectivity index (χ1) is 9.45. The zero-order valence-corrected chi connectivity index (χ0v) is 12.6. The maximum Gasteiger partial charge on any atom is 0.234 e. The van der Waals surface area contributed by atoms with E-state index >= 15 is 0 Å². The van der Waals surface area contributed by atoms with Crippen molar-refractivity contribution in [2.24, 2.45) is 5.73 Å². The summed E-state index contributed by atoms with van der Waals surface area (Å²) in [7, 11) is 2.06. The van der Waals surface area contributed by atoms with Gasteiger partial charge in [-0.15, -0.1) is 0 Å². The summed E-state index contributed by atoms with van der Waals surface area (Å²) in [5.41, 5.74) is 9.18. The minimum absolute atomic E-state index is 0.212. The number of carbonyl (C=O) groups is 1. The average Bonchev–Trinajstić information content (AvgIpc) is 3.16. The van der Waals surface area contributed by atoms with Gasteiger partial charge in [-0.2, -0.15) is 0 Å². The Bertz CT molecular complexity index is 462. The second-order valence-electron chi connectivity index (χ2n) is 5.95. The predicted octanol–water partition coefficient (Wildman–Crippen LogP) is 1.74. The molecule has 1 atom stereocenters. The van der Waals surface area contributed by atoms with Crippen molar-refractivity contribution in [1.82, 2.24) is 5.32 Å². The molecule has 0 aromatic heterocycles. The van der Waals surface area contributed by atoms with Gasteiger partial charge in [0.15, 0.2) is 0 Å². The highest BCUT2D eigenvalue weighted by Crippen LogP contribution is 2.21. The highest BCUT2D eigenvalue weighted by molar-refractivity contribution is 5.80. The summed E-state index contributed by atoms with van der Waals surface area (Å²) < 4.78 is 0. The fraction of sp³-hybridized carbons (Fsp3) is 0.562. The molecule has 1 aliphatic rings. The Morgan fingerprint density at radius 2 is 1.95 bits per heavy atom. The maximum absolute atomic E-state index is 11.5. The smallest absolute Gasteiger partial charge is 0.234 e. The molecule has 2 rings (SSSR count). The molecule has 110 valence electrons. The van der Waals surface area contributed by atoms with E-state index in [0.29, 0.717) is 6.04 Å². The van der Waals surface area contributed by atoms with Crippen LogP contribution >= 0.6 is 0 Å². The van der Waals surface area contributed by atoms with Gasteiger partial charge in [0.2, 0.25) is 5.91 Å². The second-order valence-corrected chi connectivity index (χ2v) is 5.95. The second kappa shape index (κ2) is 6.27. The highest BCUT2D eigenvalue weighted by Gasteiger charge is 2.27. The van der Waals surface area contributed by atoms with Gasteiger partial charge in [0, 0.05) is 25.3 Å². The van der Waals surface area contributed by atoms with Gasteiger partial charge in [0.1, 0.15) is 0 Å². The first kappa shape index (κ1) is 14.9. The average molecular weight is 275 g/mol. The Hall–Kier alpha value is -1.55. The minimum Gasteiger partial charge on any atom is -0.375 e. The van der Waals surface area contributed by atoms with E-state index < -0.39 is 0 Å². The van der Waals surface area contributed by atoms with Crippen molar-refractivity contribution in [3.63, 3.8) is 0 Å². The Labute approximate surface area is 121 Å². The minimum atomic E-state index is -0.245. The van der Waals surface area contributed by atoms with E-state index in [1.165, 1.54) is 16.8 Å². The number of aryl methyl sites for hydroxylation is 2. The third-order valence-corrected chi connectivity index (χ3v) is 3.76. The van der Waals surface area contributed by atoms with Crippen molar-refractivity contribution in [2.75, 3.05) is 18.5 Å². The predicted molar refractivity (Wildman–Crippen MR) is 82.9 cm³/mol. The molecule has 0 bridgehead atoms. The van der Waals surface area contributed by atoms with Crippen molar-refractivity contribution in [3.05, 3.63) is 29.3 Å². The molecule has 3 N–H and O–H groups in total. The first-order valence-corrected chi connectivity index (χ1v) is 7.30. The fourth-order valence-corrected chi connectivity index (χ4v) is 2.47. The zero-order chi connectivity index (χ0) is 14.7. The summed E-state index contributed by atoms with van der Waals surface area (Å²) in [4.78, 5) is 13.6. The first-order valence-electron chi connectivity index (χ1n) is 7.30. The standard InChI is InChI=1S/C16H25N3O/c1-11-8-12(2)10-14(9-11)19(3)7-6-15(16(17)20)18-13-4-5-13/h8-10,13,15,18H,4-7H2,1-3H3,(H2,17,20). The molecular weight excluding hydrogens is 250 g/mol. The van der Waals surface area contributed by atoms with Crippen molar-refractivity contribution >= 4 is 11.6 Å². The molecule has 0 radical (unpaired) electrons. The third-order valence-electron chi connectivity index (χ3n) is 3.76. The monoisotopic (exact) mass is 275 g/mol. The van der Waals surface area contributed by atoms with Gasteiger partial charge in [-0.25, -0.2) is 0 Å². The van der Waals surface area contributed by atoms with Crippen LogP contribution in [0.4, 0.5) is 5.69 Å². The molecule has 1 saturated carbocycles. The van der Waals surface area contributed by atoms with E-state index in [0.717, 1.165) is 25.8 Å². The molecule has 0 spiro atoms. The van der Waals surface area contributed by atoms with Crippen LogP contribution in [0.2, 0.25) is 0 Å². The number of hydrogen-bond acceptors (Lipinski definition) is 3. The van der Waals surface area contributed by atoms with E-state index in [2.05, 4.69) is 49.3 Å². The van der Waals surface area contributed by atoms with Gasteiger partial charge < -0.3 is 16.0 Å². The number of primary amides is 1. The summed E-state index contributed by atoms with van der Waals surface area (Å²) in [6, 6.07) is 6.79. The molecular formula is C16H25N3O. The highest BCUT2D eigenvalue weighted by atomic mass is 16.1. The normalized spacial score (nSPS) is 15.9. The Kier molecular flexibility index (Phi) is 4.65. The van der Waals surface area contributed by atoms with Crippen LogP contribution in [-0.4, -0.2) is 31.6 Å². The van der Waals surface area contributed by atoms with Gasteiger partial charge in [-0.3, -0.25) is 4.79 Å². The largest absolute Gasteiger partial charge is 0.375 e. The molecule has 0 heterocycles. The number of nitrogens with two attached hydrogens (primary N) is 1. The van der Waals surface area contributed by atoms with E-state index in [-0.39, 0.29) is 11.9 Å². The van der Waals surface area contributed by atoms with Gasteiger partial charge >= 0.3 is 0 Å². The number of anilines is 1. The van der Waals surface area contributed by atoms with Crippen LogP contribution in [0.25, 0.3) is 0 Å². The van der Waals surface area contributed by atoms with Crippen molar-refractivity contribution in [3.8, 4) is 0 Å². The number of hydrogen-bond donors (Lipinski definition) is 2. The molecule has 1 amide bonds. The van der Waals surface area contributed by atoms with E-state index in [9.17, 15) is 4.79 Å². The zero-order valence-electron chi connectivity index (χ0n) is 12.6. The summed E-state index contributed by atoms with van der Waals surface area (Å²) in [6.45, 7) is 5.02. The summed E-state index contributed by atoms with van der Waals surface area (Å²) in [6.07, 6.45) is 3.07. The quantitative estimate of drug-likeness (QED) is 0.797. The van der Waals surface area contributed by atoms with E-state index in [1.54, 1.807) is 0 Å².